The number of para-hydroxylation sites is 2. The van der Waals surface area contributed by atoms with Crippen molar-refractivity contribution in [1.82, 2.24) is 4.90 Å². The number of benzene rings is 3. The molecule has 35 heavy (non-hydrogen) atoms. The van der Waals surface area contributed by atoms with Gasteiger partial charge in [0.25, 0.3) is 0 Å². The van der Waals surface area contributed by atoms with Gasteiger partial charge in [-0.1, -0.05) is 12.1 Å². The fourth-order valence-corrected chi connectivity index (χ4v) is 5.33. The molecule has 0 aromatic heterocycles. The Morgan fingerprint density at radius 1 is 0.743 bits per heavy atom. The van der Waals surface area contributed by atoms with Crippen LogP contribution >= 0.6 is 0 Å². The summed E-state index contributed by atoms with van der Waals surface area (Å²) in [6.07, 6.45) is 1.71. The lowest BCUT2D eigenvalue weighted by atomic mass is 9.76. The van der Waals surface area contributed by atoms with Crippen molar-refractivity contribution in [2.45, 2.75) is 18.9 Å². The fourth-order valence-electron chi connectivity index (χ4n) is 5.33. The molecular weight excluding hydrogens is 446 g/mol. The maximum absolute atomic E-state index is 6.25. The monoisotopic (exact) mass is 477 g/mol. The van der Waals surface area contributed by atoms with Crippen LogP contribution in [0.15, 0.2) is 42.5 Å². The molecule has 0 amide bonds. The number of nitrogens with zero attached hydrogens (tertiary/aromatic N) is 1. The minimum absolute atomic E-state index is 0.119. The SMILES string of the molecule is COc1cc2c(cc1OC)-c1c(OC)c(OC)cc3c1C(C2)N(COc1ccccc1OC)CC3. The molecule has 1 unspecified atom stereocenters. The van der Waals surface area contributed by atoms with Crippen molar-refractivity contribution < 1.29 is 28.4 Å². The van der Waals surface area contributed by atoms with Gasteiger partial charge < -0.3 is 28.4 Å². The van der Waals surface area contributed by atoms with Crippen LogP contribution in [0, 0.1) is 0 Å². The topological polar surface area (TPSA) is 58.6 Å². The minimum Gasteiger partial charge on any atom is -0.493 e. The average molecular weight is 478 g/mol. The highest BCUT2D eigenvalue weighted by atomic mass is 16.5. The van der Waals surface area contributed by atoms with Gasteiger partial charge in [-0.2, -0.15) is 0 Å². The predicted molar refractivity (Wildman–Crippen MR) is 133 cm³/mol. The molecule has 5 rings (SSSR count). The van der Waals surface area contributed by atoms with Gasteiger partial charge in [-0.3, -0.25) is 4.90 Å². The van der Waals surface area contributed by atoms with E-state index >= 15 is 0 Å². The molecule has 7 nitrogen and oxygen atoms in total. The first-order valence-electron chi connectivity index (χ1n) is 11.7. The van der Waals surface area contributed by atoms with Crippen LogP contribution in [0.3, 0.4) is 0 Å². The summed E-state index contributed by atoms with van der Waals surface area (Å²) in [4.78, 5) is 2.38. The summed E-state index contributed by atoms with van der Waals surface area (Å²) < 4.78 is 34.7. The van der Waals surface area contributed by atoms with Crippen LogP contribution in [0.1, 0.15) is 22.7 Å². The first kappa shape index (κ1) is 23.2. The third kappa shape index (κ3) is 3.90. The summed E-state index contributed by atoms with van der Waals surface area (Å²) in [6.45, 7) is 1.31. The first-order chi connectivity index (χ1) is 17.1. The van der Waals surface area contributed by atoms with E-state index in [1.807, 2.05) is 30.3 Å². The van der Waals surface area contributed by atoms with Crippen molar-refractivity contribution in [3.05, 3.63) is 59.2 Å². The van der Waals surface area contributed by atoms with Gasteiger partial charge in [-0.05, 0) is 65.4 Å². The Morgan fingerprint density at radius 3 is 2.09 bits per heavy atom. The van der Waals surface area contributed by atoms with Crippen LogP contribution in [-0.2, 0) is 12.8 Å². The fraction of sp³-hybridized carbons (Fsp3) is 0.357. The Kier molecular flexibility index (Phi) is 6.34. The minimum atomic E-state index is 0.119. The van der Waals surface area contributed by atoms with Crippen molar-refractivity contribution >= 4 is 0 Å². The van der Waals surface area contributed by atoms with Gasteiger partial charge in [0.05, 0.1) is 35.5 Å². The molecular formula is C28H31NO6. The smallest absolute Gasteiger partial charge is 0.168 e. The van der Waals surface area contributed by atoms with E-state index < -0.39 is 0 Å². The van der Waals surface area contributed by atoms with Gasteiger partial charge in [-0.15, -0.1) is 0 Å². The average Bonchev–Trinajstić information content (AvgIpc) is 2.91. The lowest BCUT2D eigenvalue weighted by Gasteiger charge is -2.42. The van der Waals surface area contributed by atoms with E-state index in [1.165, 1.54) is 16.7 Å². The number of ether oxygens (including phenoxy) is 6. The largest absolute Gasteiger partial charge is 0.493 e. The number of rotatable bonds is 8. The van der Waals surface area contributed by atoms with E-state index in [1.54, 1.807) is 35.5 Å². The molecule has 7 heteroatoms. The second kappa shape index (κ2) is 9.58. The zero-order chi connectivity index (χ0) is 24.5. The summed E-state index contributed by atoms with van der Waals surface area (Å²) in [5.74, 6) is 4.33. The van der Waals surface area contributed by atoms with E-state index in [9.17, 15) is 0 Å². The Labute approximate surface area is 206 Å². The van der Waals surface area contributed by atoms with E-state index in [2.05, 4.69) is 17.0 Å². The molecule has 0 saturated carbocycles. The third-order valence-corrected chi connectivity index (χ3v) is 6.98. The predicted octanol–water partition coefficient (Wildman–Crippen LogP) is 4.89. The summed E-state index contributed by atoms with van der Waals surface area (Å²) in [5, 5.41) is 0. The van der Waals surface area contributed by atoms with Crippen LogP contribution in [0.4, 0.5) is 0 Å². The summed E-state index contributed by atoms with van der Waals surface area (Å²) >= 11 is 0. The van der Waals surface area contributed by atoms with Crippen LogP contribution in [0.5, 0.6) is 34.5 Å². The van der Waals surface area contributed by atoms with Gasteiger partial charge in [-0.25, -0.2) is 0 Å². The molecule has 0 spiro atoms. The zero-order valence-electron chi connectivity index (χ0n) is 20.8. The summed E-state index contributed by atoms with van der Waals surface area (Å²) in [7, 11) is 8.35. The molecule has 0 radical (unpaired) electrons. The Hall–Kier alpha value is -3.58. The van der Waals surface area contributed by atoms with Gasteiger partial charge in [0.15, 0.2) is 34.5 Å². The van der Waals surface area contributed by atoms with Gasteiger partial charge >= 0.3 is 0 Å². The van der Waals surface area contributed by atoms with Crippen LogP contribution < -0.4 is 28.4 Å². The van der Waals surface area contributed by atoms with Gasteiger partial charge in [0, 0.05) is 18.2 Å². The second-order valence-corrected chi connectivity index (χ2v) is 8.63. The van der Waals surface area contributed by atoms with Crippen molar-refractivity contribution in [2.24, 2.45) is 0 Å². The Bertz CT molecular complexity index is 1240. The van der Waals surface area contributed by atoms with Crippen LogP contribution in [0.2, 0.25) is 0 Å². The quantitative estimate of drug-likeness (QED) is 0.458. The molecule has 1 atom stereocenters. The third-order valence-electron chi connectivity index (χ3n) is 6.98. The van der Waals surface area contributed by atoms with E-state index in [4.69, 9.17) is 28.4 Å². The van der Waals surface area contributed by atoms with Gasteiger partial charge in [0.2, 0.25) is 0 Å². The number of hydrogen-bond acceptors (Lipinski definition) is 7. The highest BCUT2D eigenvalue weighted by Gasteiger charge is 2.38. The molecule has 3 aromatic carbocycles. The highest BCUT2D eigenvalue weighted by Crippen LogP contribution is 2.54. The van der Waals surface area contributed by atoms with Crippen LogP contribution in [-0.4, -0.2) is 53.7 Å². The maximum atomic E-state index is 6.25. The molecule has 1 aliphatic heterocycles. The molecule has 3 aromatic rings. The second-order valence-electron chi connectivity index (χ2n) is 8.63. The summed E-state index contributed by atoms with van der Waals surface area (Å²) in [5.41, 5.74) is 5.84. The number of fused-ring (bicyclic) bond motifs is 2. The normalized spacial score (nSPS) is 16.1. The highest BCUT2D eigenvalue weighted by molar-refractivity contribution is 5.85. The molecule has 184 valence electrons. The zero-order valence-corrected chi connectivity index (χ0v) is 20.8. The number of hydrogen-bond donors (Lipinski definition) is 0. The molecule has 0 bridgehead atoms. The standard InChI is InChI=1S/C28H31NO6/c1-30-21-8-6-7-9-22(21)35-16-29-11-10-17-13-25(33-4)28(34-5)27-19-15-24(32-3)23(31-2)14-18(19)12-20(29)26(17)27/h6-9,13-15,20H,10-12,16H2,1-5H3. The van der Waals surface area contributed by atoms with Crippen molar-refractivity contribution in [3.8, 4) is 45.6 Å². The summed E-state index contributed by atoms with van der Waals surface area (Å²) in [6, 6.07) is 14.1. The van der Waals surface area contributed by atoms with E-state index in [-0.39, 0.29) is 6.04 Å². The van der Waals surface area contributed by atoms with Gasteiger partial charge in [0.1, 0.15) is 6.73 Å². The first-order valence-corrected chi connectivity index (χ1v) is 11.7. The lowest BCUT2D eigenvalue weighted by molar-refractivity contribution is 0.0736. The Morgan fingerprint density at radius 2 is 1.40 bits per heavy atom. The molecule has 1 heterocycles. The molecule has 1 aliphatic carbocycles. The van der Waals surface area contributed by atoms with Crippen molar-refractivity contribution in [3.63, 3.8) is 0 Å². The lowest BCUT2D eigenvalue weighted by Crippen LogP contribution is -2.40. The van der Waals surface area contributed by atoms with E-state index in [0.717, 1.165) is 53.5 Å². The van der Waals surface area contributed by atoms with E-state index in [0.29, 0.717) is 18.2 Å². The van der Waals surface area contributed by atoms with Crippen molar-refractivity contribution in [1.29, 1.82) is 0 Å². The molecule has 0 N–H and O–H groups in total. The molecule has 2 aliphatic rings. The number of methoxy groups -OCH3 is 5. The Balaban J connectivity index is 1.61. The molecule has 0 fully saturated rings. The van der Waals surface area contributed by atoms with Crippen molar-refractivity contribution in [2.75, 3.05) is 48.8 Å². The molecule has 0 saturated heterocycles. The maximum Gasteiger partial charge on any atom is 0.168 e. The van der Waals surface area contributed by atoms with Crippen LogP contribution in [0.25, 0.3) is 11.1 Å².